The lowest BCUT2D eigenvalue weighted by atomic mass is 10.1. The quantitative estimate of drug-likeness (QED) is 0.792. The van der Waals surface area contributed by atoms with Gasteiger partial charge in [-0.25, -0.2) is 4.98 Å². The third kappa shape index (κ3) is 1.74. The molecule has 0 bridgehead atoms. The summed E-state index contributed by atoms with van der Waals surface area (Å²) in [4.78, 5) is 16.9. The normalized spacial score (nSPS) is 16.5. The zero-order chi connectivity index (χ0) is 13.5. The predicted octanol–water partition coefficient (Wildman–Crippen LogP) is 2.65. The van der Waals surface area contributed by atoms with Crippen molar-refractivity contribution in [1.82, 2.24) is 9.55 Å². The van der Waals surface area contributed by atoms with Crippen molar-refractivity contribution in [3.8, 4) is 0 Å². The Morgan fingerprint density at radius 3 is 2.74 bits per heavy atom. The van der Waals surface area contributed by atoms with E-state index in [0.29, 0.717) is 6.61 Å². The SMILES string of the molecule is CCOC(=O)C1(c2nc3ccccc3n2CC)CC1. The van der Waals surface area contributed by atoms with Crippen molar-refractivity contribution in [3.05, 3.63) is 30.1 Å². The maximum Gasteiger partial charge on any atom is 0.319 e. The zero-order valence-electron chi connectivity index (χ0n) is 11.3. The summed E-state index contributed by atoms with van der Waals surface area (Å²) in [5, 5.41) is 0. The monoisotopic (exact) mass is 258 g/mol. The lowest BCUT2D eigenvalue weighted by Gasteiger charge is -2.15. The van der Waals surface area contributed by atoms with Crippen LogP contribution in [0.15, 0.2) is 24.3 Å². The first-order valence-electron chi connectivity index (χ1n) is 6.86. The molecule has 0 radical (unpaired) electrons. The number of rotatable bonds is 4. The summed E-state index contributed by atoms with van der Waals surface area (Å²) >= 11 is 0. The van der Waals surface area contributed by atoms with Gasteiger partial charge in [-0.3, -0.25) is 4.79 Å². The number of benzene rings is 1. The first-order valence-corrected chi connectivity index (χ1v) is 6.86. The number of hydrogen-bond acceptors (Lipinski definition) is 3. The molecule has 0 atom stereocenters. The van der Waals surface area contributed by atoms with Crippen LogP contribution in [0.5, 0.6) is 0 Å². The van der Waals surface area contributed by atoms with Gasteiger partial charge in [-0.15, -0.1) is 0 Å². The molecule has 2 aromatic rings. The molecule has 0 amide bonds. The number of carbonyl (C=O) groups excluding carboxylic acids is 1. The molecule has 0 spiro atoms. The van der Waals surface area contributed by atoms with Crippen LogP contribution < -0.4 is 0 Å². The van der Waals surface area contributed by atoms with Crippen molar-refractivity contribution in [1.29, 1.82) is 0 Å². The summed E-state index contributed by atoms with van der Waals surface area (Å²) in [7, 11) is 0. The maximum absolute atomic E-state index is 12.2. The topological polar surface area (TPSA) is 44.1 Å². The minimum Gasteiger partial charge on any atom is -0.465 e. The van der Waals surface area contributed by atoms with Crippen molar-refractivity contribution < 1.29 is 9.53 Å². The van der Waals surface area contributed by atoms with Gasteiger partial charge in [-0.2, -0.15) is 0 Å². The number of aryl methyl sites for hydroxylation is 1. The smallest absolute Gasteiger partial charge is 0.319 e. The molecular weight excluding hydrogens is 240 g/mol. The second-order valence-electron chi connectivity index (χ2n) is 4.97. The number of fused-ring (bicyclic) bond motifs is 1. The van der Waals surface area contributed by atoms with Crippen molar-refractivity contribution in [2.75, 3.05) is 6.61 Å². The molecule has 0 N–H and O–H groups in total. The fourth-order valence-corrected chi connectivity index (χ4v) is 2.67. The van der Waals surface area contributed by atoms with Gasteiger partial charge in [-0.05, 0) is 38.8 Å². The second-order valence-corrected chi connectivity index (χ2v) is 4.97. The van der Waals surface area contributed by atoms with E-state index >= 15 is 0 Å². The first-order chi connectivity index (χ1) is 9.23. The first kappa shape index (κ1) is 12.2. The molecule has 1 fully saturated rings. The Morgan fingerprint density at radius 1 is 1.37 bits per heavy atom. The molecule has 100 valence electrons. The number of esters is 1. The molecule has 19 heavy (non-hydrogen) atoms. The van der Waals surface area contributed by atoms with E-state index in [1.54, 1.807) is 0 Å². The highest BCUT2D eigenvalue weighted by molar-refractivity contribution is 5.87. The number of para-hydroxylation sites is 2. The van der Waals surface area contributed by atoms with Crippen molar-refractivity contribution >= 4 is 17.0 Å². The molecule has 1 saturated carbocycles. The Kier molecular flexibility index (Phi) is 2.81. The van der Waals surface area contributed by atoms with Gasteiger partial charge >= 0.3 is 5.97 Å². The second kappa shape index (κ2) is 4.37. The molecular formula is C15H18N2O2. The van der Waals surface area contributed by atoms with Crippen molar-refractivity contribution in [2.24, 2.45) is 0 Å². The molecule has 1 aliphatic rings. The van der Waals surface area contributed by atoms with E-state index in [9.17, 15) is 4.79 Å². The molecule has 0 unspecified atom stereocenters. The molecule has 0 saturated heterocycles. The molecule has 3 rings (SSSR count). The van der Waals surface area contributed by atoms with Crippen LogP contribution in [0.25, 0.3) is 11.0 Å². The number of imidazole rings is 1. The highest BCUT2D eigenvalue weighted by atomic mass is 16.5. The van der Waals surface area contributed by atoms with Gasteiger partial charge in [0.2, 0.25) is 0 Å². The number of aromatic nitrogens is 2. The molecule has 0 aliphatic heterocycles. The fourth-order valence-electron chi connectivity index (χ4n) is 2.67. The maximum atomic E-state index is 12.2. The fraction of sp³-hybridized carbons (Fsp3) is 0.467. The standard InChI is InChI=1S/C15H18N2O2/c1-3-17-12-8-6-5-7-11(12)16-13(17)15(9-10-15)14(18)19-4-2/h5-8H,3-4,9-10H2,1-2H3. The Balaban J connectivity index is 2.12. The molecule has 4 nitrogen and oxygen atoms in total. The number of ether oxygens (including phenoxy) is 1. The minimum atomic E-state index is -0.495. The van der Waals surface area contributed by atoms with E-state index in [0.717, 1.165) is 36.2 Å². The average molecular weight is 258 g/mol. The van der Waals surface area contributed by atoms with Crippen LogP contribution in [-0.2, 0) is 21.5 Å². The van der Waals surface area contributed by atoms with Gasteiger partial charge in [0.05, 0.1) is 17.6 Å². The van der Waals surface area contributed by atoms with E-state index in [2.05, 4.69) is 22.5 Å². The summed E-state index contributed by atoms with van der Waals surface area (Å²) < 4.78 is 7.36. The third-order valence-corrected chi connectivity index (χ3v) is 3.81. The average Bonchev–Trinajstić information content (AvgIpc) is 3.14. The van der Waals surface area contributed by atoms with Gasteiger partial charge in [0.1, 0.15) is 11.2 Å². The zero-order valence-corrected chi connectivity index (χ0v) is 11.3. The lowest BCUT2D eigenvalue weighted by molar-refractivity contribution is -0.146. The largest absolute Gasteiger partial charge is 0.465 e. The number of carbonyl (C=O) groups is 1. The summed E-state index contributed by atoms with van der Waals surface area (Å²) in [6, 6.07) is 8.02. The molecule has 1 aromatic heterocycles. The Bertz CT molecular complexity index is 626. The molecule has 4 heteroatoms. The number of hydrogen-bond donors (Lipinski definition) is 0. The van der Waals surface area contributed by atoms with E-state index in [4.69, 9.17) is 4.74 Å². The Labute approximate surface area is 112 Å². The third-order valence-electron chi connectivity index (χ3n) is 3.81. The molecule has 1 aliphatic carbocycles. The Hall–Kier alpha value is -1.84. The van der Waals surface area contributed by atoms with Gasteiger partial charge < -0.3 is 9.30 Å². The van der Waals surface area contributed by atoms with Crippen LogP contribution in [0.3, 0.4) is 0 Å². The van der Waals surface area contributed by atoms with E-state index in [1.807, 2.05) is 25.1 Å². The van der Waals surface area contributed by atoms with Crippen LogP contribution in [0.1, 0.15) is 32.5 Å². The lowest BCUT2D eigenvalue weighted by Crippen LogP contribution is -2.27. The molecule has 1 aromatic carbocycles. The highest BCUT2D eigenvalue weighted by Gasteiger charge is 2.56. The van der Waals surface area contributed by atoms with Crippen molar-refractivity contribution in [2.45, 2.75) is 38.6 Å². The predicted molar refractivity (Wildman–Crippen MR) is 73.0 cm³/mol. The van der Waals surface area contributed by atoms with E-state index in [1.165, 1.54) is 0 Å². The van der Waals surface area contributed by atoms with Crippen LogP contribution in [-0.4, -0.2) is 22.1 Å². The van der Waals surface area contributed by atoms with Gasteiger partial charge in [0, 0.05) is 6.54 Å². The summed E-state index contributed by atoms with van der Waals surface area (Å²) in [6.45, 7) is 5.17. The van der Waals surface area contributed by atoms with Gasteiger partial charge in [-0.1, -0.05) is 12.1 Å². The summed E-state index contributed by atoms with van der Waals surface area (Å²) in [5.41, 5.74) is 1.55. The minimum absolute atomic E-state index is 0.125. The van der Waals surface area contributed by atoms with Crippen LogP contribution in [0, 0.1) is 0 Å². The van der Waals surface area contributed by atoms with Crippen LogP contribution >= 0.6 is 0 Å². The van der Waals surface area contributed by atoms with Crippen LogP contribution in [0.4, 0.5) is 0 Å². The van der Waals surface area contributed by atoms with Crippen molar-refractivity contribution in [3.63, 3.8) is 0 Å². The van der Waals surface area contributed by atoms with E-state index < -0.39 is 5.41 Å². The Morgan fingerprint density at radius 2 is 2.11 bits per heavy atom. The highest BCUT2D eigenvalue weighted by Crippen LogP contribution is 2.49. The summed E-state index contributed by atoms with van der Waals surface area (Å²) in [5.74, 6) is 0.745. The van der Waals surface area contributed by atoms with Gasteiger partial charge in [0.15, 0.2) is 0 Å². The molecule has 1 heterocycles. The number of nitrogens with zero attached hydrogens (tertiary/aromatic N) is 2. The van der Waals surface area contributed by atoms with Gasteiger partial charge in [0.25, 0.3) is 0 Å². The summed E-state index contributed by atoms with van der Waals surface area (Å²) in [6.07, 6.45) is 1.68. The van der Waals surface area contributed by atoms with Crippen LogP contribution in [0.2, 0.25) is 0 Å². The van der Waals surface area contributed by atoms with E-state index in [-0.39, 0.29) is 5.97 Å².